The highest BCUT2D eigenvalue weighted by Gasteiger charge is 2.07. The summed E-state index contributed by atoms with van der Waals surface area (Å²) < 4.78 is 0. The topological polar surface area (TPSA) is 54.0 Å². The number of rotatable bonds is 5. The van der Waals surface area contributed by atoms with E-state index in [0.717, 1.165) is 12.1 Å². The predicted octanol–water partition coefficient (Wildman–Crippen LogP) is 3.10. The fourth-order valence-corrected chi connectivity index (χ4v) is 1.84. The van der Waals surface area contributed by atoms with Crippen LogP contribution in [0.5, 0.6) is 0 Å². The minimum atomic E-state index is -0.195. The second-order valence-corrected chi connectivity index (χ2v) is 4.68. The highest BCUT2D eigenvalue weighted by atomic mass is 35.5. The first-order valence-corrected chi connectivity index (χ1v) is 6.80. The van der Waals surface area contributed by atoms with Crippen molar-refractivity contribution in [1.82, 2.24) is 10.3 Å². The molecule has 0 spiro atoms. The van der Waals surface area contributed by atoms with Crippen molar-refractivity contribution >= 4 is 23.3 Å². The normalized spacial score (nSPS) is 10.1. The maximum Gasteiger partial charge on any atom is 0.270 e. The quantitative estimate of drug-likeness (QED) is 0.889. The molecule has 0 aliphatic heterocycles. The van der Waals surface area contributed by atoms with E-state index in [1.807, 2.05) is 31.2 Å². The van der Waals surface area contributed by atoms with Crippen LogP contribution in [-0.2, 0) is 6.54 Å². The molecule has 5 heteroatoms. The van der Waals surface area contributed by atoms with Gasteiger partial charge in [0.05, 0.1) is 0 Å². The zero-order valence-corrected chi connectivity index (χ0v) is 11.9. The summed E-state index contributed by atoms with van der Waals surface area (Å²) in [5.74, 6) is 0.506. The van der Waals surface area contributed by atoms with Crippen LogP contribution in [0.3, 0.4) is 0 Å². The predicted molar refractivity (Wildman–Crippen MR) is 81.0 cm³/mol. The number of halogens is 1. The zero-order valence-electron chi connectivity index (χ0n) is 11.2. The molecule has 2 N–H and O–H groups in total. The lowest BCUT2D eigenvalue weighted by molar-refractivity contribution is 0.0946. The maximum atomic E-state index is 12.0. The molecule has 0 fully saturated rings. The standard InChI is InChI=1S/C15H16ClN3O/c1-2-17-14-5-3-4-13(19-14)15(20)18-10-11-6-8-12(16)9-7-11/h3-9H,2,10H2,1H3,(H,17,19)(H,18,20). The maximum absolute atomic E-state index is 12.0. The number of hydrogen-bond donors (Lipinski definition) is 2. The molecular formula is C15H16ClN3O. The molecule has 0 aliphatic carbocycles. The number of hydrogen-bond acceptors (Lipinski definition) is 3. The van der Waals surface area contributed by atoms with Crippen molar-refractivity contribution in [2.24, 2.45) is 0 Å². The van der Waals surface area contributed by atoms with Gasteiger partial charge in [0.1, 0.15) is 11.5 Å². The van der Waals surface area contributed by atoms with E-state index in [2.05, 4.69) is 15.6 Å². The molecule has 0 unspecified atom stereocenters. The number of carbonyl (C=O) groups is 1. The van der Waals surface area contributed by atoms with Crippen LogP contribution in [0.1, 0.15) is 23.0 Å². The summed E-state index contributed by atoms with van der Waals surface area (Å²) in [5.41, 5.74) is 1.39. The molecule has 2 rings (SSSR count). The molecule has 20 heavy (non-hydrogen) atoms. The zero-order chi connectivity index (χ0) is 14.4. The fraction of sp³-hybridized carbons (Fsp3) is 0.200. The molecular weight excluding hydrogens is 274 g/mol. The summed E-state index contributed by atoms with van der Waals surface area (Å²) >= 11 is 5.81. The molecule has 1 aromatic carbocycles. The Bertz CT molecular complexity index is 584. The second-order valence-electron chi connectivity index (χ2n) is 4.25. The van der Waals surface area contributed by atoms with Gasteiger partial charge in [0, 0.05) is 18.1 Å². The number of aromatic nitrogens is 1. The lowest BCUT2D eigenvalue weighted by atomic mass is 10.2. The molecule has 0 bridgehead atoms. The van der Waals surface area contributed by atoms with Crippen LogP contribution in [0.15, 0.2) is 42.5 Å². The molecule has 0 saturated carbocycles. The first-order chi connectivity index (χ1) is 9.69. The minimum Gasteiger partial charge on any atom is -0.370 e. The molecule has 4 nitrogen and oxygen atoms in total. The van der Waals surface area contributed by atoms with Crippen molar-refractivity contribution in [2.75, 3.05) is 11.9 Å². The number of carbonyl (C=O) groups excluding carboxylic acids is 1. The van der Waals surface area contributed by atoms with Crippen molar-refractivity contribution in [3.63, 3.8) is 0 Å². The SMILES string of the molecule is CCNc1cccc(C(=O)NCc2ccc(Cl)cc2)n1. The van der Waals surface area contributed by atoms with Crippen molar-refractivity contribution in [1.29, 1.82) is 0 Å². The van der Waals surface area contributed by atoms with Crippen LogP contribution in [0, 0.1) is 0 Å². The van der Waals surface area contributed by atoms with Gasteiger partial charge >= 0.3 is 0 Å². The molecule has 104 valence electrons. The fourth-order valence-electron chi connectivity index (χ4n) is 1.72. The van der Waals surface area contributed by atoms with E-state index < -0.39 is 0 Å². The van der Waals surface area contributed by atoms with Gasteiger partial charge < -0.3 is 10.6 Å². The Labute approximate surface area is 123 Å². The van der Waals surface area contributed by atoms with Crippen molar-refractivity contribution in [3.05, 3.63) is 58.7 Å². The van der Waals surface area contributed by atoms with Gasteiger partial charge in [-0.2, -0.15) is 0 Å². The Balaban J connectivity index is 1.97. The van der Waals surface area contributed by atoms with Crippen LogP contribution in [0.4, 0.5) is 5.82 Å². The Morgan fingerprint density at radius 2 is 1.95 bits per heavy atom. The molecule has 0 saturated heterocycles. The van der Waals surface area contributed by atoms with Gasteiger partial charge in [-0.05, 0) is 36.8 Å². The number of benzene rings is 1. The van der Waals surface area contributed by atoms with Crippen LogP contribution in [0.25, 0.3) is 0 Å². The molecule has 0 atom stereocenters. The molecule has 0 aliphatic rings. The van der Waals surface area contributed by atoms with Gasteiger partial charge in [0.25, 0.3) is 5.91 Å². The van der Waals surface area contributed by atoms with E-state index in [1.165, 1.54) is 0 Å². The Morgan fingerprint density at radius 3 is 2.65 bits per heavy atom. The van der Waals surface area contributed by atoms with E-state index in [1.54, 1.807) is 18.2 Å². The van der Waals surface area contributed by atoms with Crippen molar-refractivity contribution in [3.8, 4) is 0 Å². The number of pyridine rings is 1. The third-order valence-electron chi connectivity index (χ3n) is 2.71. The third-order valence-corrected chi connectivity index (χ3v) is 2.96. The summed E-state index contributed by atoms with van der Waals surface area (Å²) in [5, 5.41) is 6.59. The average molecular weight is 290 g/mol. The molecule has 2 aromatic rings. The van der Waals surface area contributed by atoms with Crippen molar-refractivity contribution in [2.45, 2.75) is 13.5 Å². The van der Waals surface area contributed by atoms with Gasteiger partial charge in [0.2, 0.25) is 0 Å². The minimum absolute atomic E-state index is 0.195. The van der Waals surface area contributed by atoms with Gasteiger partial charge in [-0.15, -0.1) is 0 Å². The number of nitrogens with zero attached hydrogens (tertiary/aromatic N) is 1. The molecule has 0 radical (unpaired) electrons. The third kappa shape index (κ3) is 3.96. The van der Waals surface area contributed by atoms with E-state index in [0.29, 0.717) is 23.1 Å². The lowest BCUT2D eigenvalue weighted by Gasteiger charge is -2.07. The molecule has 1 heterocycles. The number of amides is 1. The summed E-state index contributed by atoms with van der Waals surface area (Å²) in [6.45, 7) is 3.20. The summed E-state index contributed by atoms with van der Waals surface area (Å²) in [7, 11) is 0. The Kier molecular flexibility index (Phi) is 4.96. The summed E-state index contributed by atoms with van der Waals surface area (Å²) in [6, 6.07) is 12.7. The highest BCUT2D eigenvalue weighted by Crippen LogP contribution is 2.09. The van der Waals surface area contributed by atoms with Gasteiger partial charge in [-0.25, -0.2) is 4.98 Å². The highest BCUT2D eigenvalue weighted by molar-refractivity contribution is 6.30. The van der Waals surface area contributed by atoms with E-state index in [4.69, 9.17) is 11.6 Å². The monoisotopic (exact) mass is 289 g/mol. The van der Waals surface area contributed by atoms with E-state index >= 15 is 0 Å². The second kappa shape index (κ2) is 6.91. The lowest BCUT2D eigenvalue weighted by Crippen LogP contribution is -2.24. The van der Waals surface area contributed by atoms with Crippen molar-refractivity contribution < 1.29 is 4.79 Å². The van der Waals surface area contributed by atoms with Crippen LogP contribution < -0.4 is 10.6 Å². The summed E-state index contributed by atoms with van der Waals surface area (Å²) in [6.07, 6.45) is 0. The first-order valence-electron chi connectivity index (χ1n) is 6.42. The van der Waals surface area contributed by atoms with Gasteiger partial charge in [0.15, 0.2) is 0 Å². The average Bonchev–Trinajstić information content (AvgIpc) is 2.47. The Morgan fingerprint density at radius 1 is 1.20 bits per heavy atom. The van der Waals surface area contributed by atoms with Crippen LogP contribution >= 0.6 is 11.6 Å². The van der Waals surface area contributed by atoms with Gasteiger partial charge in [-0.1, -0.05) is 29.8 Å². The largest absolute Gasteiger partial charge is 0.370 e. The van der Waals surface area contributed by atoms with Gasteiger partial charge in [-0.3, -0.25) is 4.79 Å². The first kappa shape index (κ1) is 14.3. The molecule has 1 aromatic heterocycles. The van der Waals surface area contributed by atoms with E-state index in [9.17, 15) is 4.79 Å². The number of anilines is 1. The van der Waals surface area contributed by atoms with Crippen LogP contribution in [-0.4, -0.2) is 17.4 Å². The number of nitrogens with one attached hydrogen (secondary N) is 2. The summed E-state index contributed by atoms with van der Waals surface area (Å²) in [4.78, 5) is 16.3. The molecule has 1 amide bonds. The smallest absolute Gasteiger partial charge is 0.270 e. The van der Waals surface area contributed by atoms with E-state index in [-0.39, 0.29) is 5.91 Å². The van der Waals surface area contributed by atoms with Crippen LogP contribution in [0.2, 0.25) is 5.02 Å². The Hall–Kier alpha value is -2.07.